The van der Waals surface area contributed by atoms with Crippen LogP contribution in [0.5, 0.6) is 0 Å². The summed E-state index contributed by atoms with van der Waals surface area (Å²) >= 11 is 0. The van der Waals surface area contributed by atoms with Crippen LogP contribution in [0.2, 0.25) is 0 Å². The van der Waals surface area contributed by atoms with Crippen molar-refractivity contribution in [3.05, 3.63) is 0 Å². The fourth-order valence-corrected chi connectivity index (χ4v) is 3.17. The molecule has 0 aromatic heterocycles. The Kier molecular flexibility index (Phi) is 2.13. The Labute approximate surface area is 75.3 Å². The molecule has 12 heavy (non-hydrogen) atoms. The Bertz CT molecular complexity index is 167. The van der Waals surface area contributed by atoms with E-state index in [1.54, 1.807) is 0 Å². The Balaban J connectivity index is 2.10. The van der Waals surface area contributed by atoms with Crippen molar-refractivity contribution in [3.63, 3.8) is 0 Å². The molecule has 0 aromatic rings. The highest BCUT2D eigenvalue weighted by Gasteiger charge is 2.43. The molecule has 2 aliphatic heterocycles. The van der Waals surface area contributed by atoms with E-state index in [4.69, 9.17) is 0 Å². The lowest BCUT2D eigenvalue weighted by Gasteiger charge is -2.27. The van der Waals surface area contributed by atoms with Crippen molar-refractivity contribution in [1.82, 2.24) is 10.2 Å². The topological polar surface area (TPSA) is 15.3 Å². The molecule has 2 aliphatic rings. The SMILES string of the molecule is CC(C)C1C2CNCC2CN1C. The van der Waals surface area contributed by atoms with Crippen LogP contribution in [0.4, 0.5) is 0 Å². The summed E-state index contributed by atoms with van der Waals surface area (Å²) in [6.07, 6.45) is 0. The van der Waals surface area contributed by atoms with Crippen LogP contribution >= 0.6 is 0 Å². The molecular weight excluding hydrogens is 148 g/mol. The molecule has 3 atom stereocenters. The number of hydrogen-bond acceptors (Lipinski definition) is 2. The van der Waals surface area contributed by atoms with Crippen molar-refractivity contribution >= 4 is 0 Å². The van der Waals surface area contributed by atoms with E-state index < -0.39 is 0 Å². The molecule has 1 N–H and O–H groups in total. The van der Waals surface area contributed by atoms with Crippen molar-refractivity contribution in [2.75, 3.05) is 26.7 Å². The van der Waals surface area contributed by atoms with Crippen molar-refractivity contribution < 1.29 is 0 Å². The van der Waals surface area contributed by atoms with Gasteiger partial charge in [-0.25, -0.2) is 0 Å². The van der Waals surface area contributed by atoms with Gasteiger partial charge in [0.25, 0.3) is 0 Å². The molecular formula is C10H20N2. The second-order valence-corrected chi connectivity index (χ2v) is 4.76. The van der Waals surface area contributed by atoms with E-state index in [1.807, 2.05) is 0 Å². The molecule has 70 valence electrons. The molecule has 0 spiro atoms. The molecule has 2 fully saturated rings. The van der Waals surface area contributed by atoms with Gasteiger partial charge < -0.3 is 10.2 Å². The average Bonchev–Trinajstić information content (AvgIpc) is 2.44. The number of likely N-dealkylation sites (tertiary alicyclic amines) is 1. The third-order valence-electron chi connectivity index (χ3n) is 3.55. The molecule has 2 heterocycles. The maximum atomic E-state index is 3.50. The van der Waals surface area contributed by atoms with E-state index in [2.05, 4.69) is 31.1 Å². The van der Waals surface area contributed by atoms with Crippen LogP contribution in [-0.4, -0.2) is 37.6 Å². The van der Waals surface area contributed by atoms with E-state index in [0.29, 0.717) is 0 Å². The van der Waals surface area contributed by atoms with E-state index in [9.17, 15) is 0 Å². The molecule has 0 bridgehead atoms. The standard InChI is InChI=1S/C10H20N2/c1-7(2)10-9-5-11-4-8(9)6-12(10)3/h7-11H,4-6H2,1-3H3. The van der Waals surface area contributed by atoms with Gasteiger partial charge in [0.15, 0.2) is 0 Å². The molecule has 0 amide bonds. The third kappa shape index (κ3) is 1.17. The second kappa shape index (κ2) is 3.00. The molecule has 0 aromatic carbocycles. The van der Waals surface area contributed by atoms with Crippen LogP contribution in [0.1, 0.15) is 13.8 Å². The average molecular weight is 168 g/mol. The third-order valence-corrected chi connectivity index (χ3v) is 3.55. The minimum absolute atomic E-state index is 0.810. The Hall–Kier alpha value is -0.0800. The van der Waals surface area contributed by atoms with Crippen LogP contribution < -0.4 is 5.32 Å². The Morgan fingerprint density at radius 3 is 2.75 bits per heavy atom. The van der Waals surface area contributed by atoms with Crippen LogP contribution in [-0.2, 0) is 0 Å². The summed E-state index contributed by atoms with van der Waals surface area (Å²) in [5, 5.41) is 3.50. The molecule has 0 saturated carbocycles. The zero-order valence-electron chi connectivity index (χ0n) is 8.38. The van der Waals surface area contributed by atoms with Gasteiger partial charge >= 0.3 is 0 Å². The number of rotatable bonds is 1. The van der Waals surface area contributed by atoms with E-state index in [1.165, 1.54) is 19.6 Å². The van der Waals surface area contributed by atoms with E-state index in [0.717, 1.165) is 23.8 Å². The van der Waals surface area contributed by atoms with Gasteiger partial charge in [-0.3, -0.25) is 0 Å². The summed E-state index contributed by atoms with van der Waals surface area (Å²) in [5.41, 5.74) is 0. The smallest absolute Gasteiger partial charge is 0.0159 e. The van der Waals surface area contributed by atoms with E-state index >= 15 is 0 Å². The summed E-state index contributed by atoms with van der Waals surface area (Å²) in [4.78, 5) is 2.56. The first-order valence-corrected chi connectivity index (χ1v) is 5.11. The fraction of sp³-hybridized carbons (Fsp3) is 1.00. The van der Waals surface area contributed by atoms with Gasteiger partial charge in [0, 0.05) is 12.6 Å². The Morgan fingerprint density at radius 1 is 1.33 bits per heavy atom. The maximum Gasteiger partial charge on any atom is 0.0159 e. The highest BCUT2D eigenvalue weighted by atomic mass is 15.2. The number of nitrogens with zero attached hydrogens (tertiary/aromatic N) is 1. The van der Waals surface area contributed by atoms with Crippen LogP contribution in [0.3, 0.4) is 0 Å². The van der Waals surface area contributed by atoms with Crippen LogP contribution in [0.15, 0.2) is 0 Å². The van der Waals surface area contributed by atoms with Crippen LogP contribution in [0.25, 0.3) is 0 Å². The summed E-state index contributed by atoms with van der Waals surface area (Å²) in [6.45, 7) is 8.50. The lowest BCUT2D eigenvalue weighted by Crippen LogP contribution is -2.36. The van der Waals surface area contributed by atoms with Crippen molar-refractivity contribution in [3.8, 4) is 0 Å². The monoisotopic (exact) mass is 168 g/mol. The number of fused-ring (bicyclic) bond motifs is 1. The van der Waals surface area contributed by atoms with Crippen molar-refractivity contribution in [1.29, 1.82) is 0 Å². The molecule has 3 unspecified atom stereocenters. The van der Waals surface area contributed by atoms with Gasteiger partial charge in [-0.05, 0) is 37.9 Å². The zero-order valence-corrected chi connectivity index (χ0v) is 8.38. The summed E-state index contributed by atoms with van der Waals surface area (Å²) in [5.74, 6) is 2.67. The van der Waals surface area contributed by atoms with Crippen LogP contribution in [0, 0.1) is 17.8 Å². The van der Waals surface area contributed by atoms with Gasteiger partial charge in [0.1, 0.15) is 0 Å². The molecule has 2 heteroatoms. The largest absolute Gasteiger partial charge is 0.316 e. The van der Waals surface area contributed by atoms with Gasteiger partial charge in [0.2, 0.25) is 0 Å². The first kappa shape index (κ1) is 8.52. The highest BCUT2D eigenvalue weighted by molar-refractivity contribution is 4.98. The van der Waals surface area contributed by atoms with Gasteiger partial charge in [-0.1, -0.05) is 13.8 Å². The number of hydrogen-bond donors (Lipinski definition) is 1. The summed E-state index contributed by atoms with van der Waals surface area (Å²) in [6, 6.07) is 0.824. The zero-order chi connectivity index (χ0) is 8.72. The molecule has 2 rings (SSSR count). The van der Waals surface area contributed by atoms with Crippen molar-refractivity contribution in [2.24, 2.45) is 17.8 Å². The number of nitrogens with one attached hydrogen (secondary N) is 1. The summed E-state index contributed by atoms with van der Waals surface area (Å²) in [7, 11) is 2.28. The van der Waals surface area contributed by atoms with Gasteiger partial charge in [0.05, 0.1) is 0 Å². The molecule has 0 radical (unpaired) electrons. The Morgan fingerprint density at radius 2 is 2.08 bits per heavy atom. The maximum absolute atomic E-state index is 3.50. The predicted octanol–water partition coefficient (Wildman–Crippen LogP) is 0.792. The highest BCUT2D eigenvalue weighted by Crippen LogP contribution is 2.34. The van der Waals surface area contributed by atoms with Crippen molar-refractivity contribution in [2.45, 2.75) is 19.9 Å². The molecule has 2 saturated heterocycles. The first-order chi connectivity index (χ1) is 5.70. The fourth-order valence-electron chi connectivity index (χ4n) is 3.17. The second-order valence-electron chi connectivity index (χ2n) is 4.76. The predicted molar refractivity (Wildman–Crippen MR) is 51.1 cm³/mol. The van der Waals surface area contributed by atoms with E-state index in [-0.39, 0.29) is 0 Å². The first-order valence-electron chi connectivity index (χ1n) is 5.11. The molecule has 2 nitrogen and oxygen atoms in total. The normalized spacial score (nSPS) is 42.5. The minimum atomic E-state index is 0.810. The van der Waals surface area contributed by atoms with Gasteiger partial charge in [-0.2, -0.15) is 0 Å². The minimum Gasteiger partial charge on any atom is -0.316 e. The van der Waals surface area contributed by atoms with Gasteiger partial charge in [-0.15, -0.1) is 0 Å². The lowest BCUT2D eigenvalue weighted by atomic mass is 9.88. The molecule has 0 aliphatic carbocycles. The quantitative estimate of drug-likeness (QED) is 0.623. The lowest BCUT2D eigenvalue weighted by molar-refractivity contribution is 0.212. The summed E-state index contributed by atoms with van der Waals surface area (Å²) < 4.78 is 0.